The number of fused-ring (bicyclic) bond motifs is 2. The molecule has 2 aromatic carbocycles. The van der Waals surface area contributed by atoms with Crippen molar-refractivity contribution in [2.75, 3.05) is 26.2 Å². The molecule has 0 radical (unpaired) electrons. The van der Waals surface area contributed by atoms with Crippen molar-refractivity contribution in [1.82, 2.24) is 15.5 Å². The number of hydrogen-bond donors (Lipinski definition) is 2. The zero-order valence-electron chi connectivity index (χ0n) is 15.7. The molecule has 0 saturated heterocycles. The molecule has 0 spiro atoms. The number of rotatable bonds is 6. The SMILES string of the molecule is O=C(NCCCN1C(=O)c2ccccc2C1=O)NCC1COc2ccccc2O1. The molecular weight excluding hydrogens is 374 g/mol. The number of ether oxygens (including phenoxy) is 2. The van der Waals surface area contributed by atoms with Gasteiger partial charge in [0.15, 0.2) is 17.6 Å². The maximum atomic E-state index is 12.3. The quantitative estimate of drug-likeness (QED) is 0.574. The number of nitrogens with zero attached hydrogens (tertiary/aromatic N) is 1. The Labute approximate surface area is 167 Å². The zero-order valence-corrected chi connectivity index (χ0v) is 15.7. The van der Waals surface area contributed by atoms with Crippen LogP contribution in [0.4, 0.5) is 4.79 Å². The van der Waals surface area contributed by atoms with Crippen molar-refractivity contribution in [3.05, 3.63) is 59.7 Å². The highest BCUT2D eigenvalue weighted by Crippen LogP contribution is 2.30. The Morgan fingerprint density at radius 2 is 1.62 bits per heavy atom. The largest absolute Gasteiger partial charge is 0.486 e. The van der Waals surface area contributed by atoms with E-state index in [-0.39, 0.29) is 30.5 Å². The van der Waals surface area contributed by atoms with Gasteiger partial charge in [-0.15, -0.1) is 0 Å². The maximum Gasteiger partial charge on any atom is 0.314 e. The van der Waals surface area contributed by atoms with E-state index >= 15 is 0 Å². The average molecular weight is 395 g/mol. The Morgan fingerprint density at radius 3 is 2.34 bits per heavy atom. The van der Waals surface area contributed by atoms with Gasteiger partial charge in [-0.2, -0.15) is 0 Å². The van der Waals surface area contributed by atoms with Gasteiger partial charge in [-0.05, 0) is 30.7 Å². The first kappa shape index (κ1) is 18.8. The molecule has 0 saturated carbocycles. The van der Waals surface area contributed by atoms with Crippen LogP contribution < -0.4 is 20.1 Å². The molecule has 2 aliphatic rings. The third-order valence-electron chi connectivity index (χ3n) is 4.78. The van der Waals surface area contributed by atoms with Crippen LogP contribution in [0.1, 0.15) is 27.1 Å². The molecule has 2 heterocycles. The summed E-state index contributed by atoms with van der Waals surface area (Å²) in [6.07, 6.45) is 0.198. The summed E-state index contributed by atoms with van der Waals surface area (Å²) in [5.41, 5.74) is 0.860. The molecule has 1 atom stereocenters. The number of carbonyl (C=O) groups excluding carboxylic acids is 3. The van der Waals surface area contributed by atoms with E-state index in [0.29, 0.717) is 48.7 Å². The second-order valence-electron chi connectivity index (χ2n) is 6.80. The van der Waals surface area contributed by atoms with Gasteiger partial charge in [-0.3, -0.25) is 14.5 Å². The lowest BCUT2D eigenvalue weighted by atomic mass is 10.1. The molecule has 1 unspecified atom stereocenters. The molecule has 8 heteroatoms. The molecule has 0 aromatic heterocycles. The molecule has 8 nitrogen and oxygen atoms in total. The first-order valence-electron chi connectivity index (χ1n) is 9.49. The average Bonchev–Trinajstić information content (AvgIpc) is 3.00. The van der Waals surface area contributed by atoms with Crippen molar-refractivity contribution in [2.24, 2.45) is 0 Å². The lowest BCUT2D eigenvalue weighted by Gasteiger charge is -2.26. The fourth-order valence-corrected chi connectivity index (χ4v) is 3.31. The summed E-state index contributed by atoms with van der Waals surface area (Å²) in [6, 6.07) is 13.8. The lowest BCUT2D eigenvalue weighted by Crippen LogP contribution is -2.45. The van der Waals surface area contributed by atoms with Crippen LogP contribution in [0.25, 0.3) is 0 Å². The van der Waals surface area contributed by atoms with E-state index in [0.717, 1.165) is 0 Å². The van der Waals surface area contributed by atoms with E-state index in [1.54, 1.807) is 24.3 Å². The number of imide groups is 1. The van der Waals surface area contributed by atoms with Gasteiger partial charge in [0.25, 0.3) is 11.8 Å². The minimum absolute atomic E-state index is 0.253. The van der Waals surface area contributed by atoms with Crippen molar-refractivity contribution in [2.45, 2.75) is 12.5 Å². The zero-order chi connectivity index (χ0) is 20.2. The van der Waals surface area contributed by atoms with Crippen LogP contribution in [-0.2, 0) is 0 Å². The predicted molar refractivity (Wildman–Crippen MR) is 104 cm³/mol. The maximum absolute atomic E-state index is 12.3. The number of urea groups is 1. The second-order valence-corrected chi connectivity index (χ2v) is 6.80. The number of amides is 4. The van der Waals surface area contributed by atoms with Gasteiger partial charge in [0.05, 0.1) is 17.7 Å². The van der Waals surface area contributed by atoms with E-state index in [9.17, 15) is 14.4 Å². The standard InChI is InChI=1S/C21H21N3O5/c25-19-15-6-1-2-7-16(15)20(26)24(19)11-5-10-22-21(27)23-12-14-13-28-17-8-3-4-9-18(17)29-14/h1-4,6-9,14H,5,10-13H2,(H2,22,23,27). The molecule has 4 amide bonds. The molecular formula is C21H21N3O5. The highest BCUT2D eigenvalue weighted by molar-refractivity contribution is 6.21. The molecule has 150 valence electrons. The first-order valence-corrected chi connectivity index (χ1v) is 9.49. The van der Waals surface area contributed by atoms with Gasteiger partial charge in [0.1, 0.15) is 6.61 Å². The Kier molecular flexibility index (Phi) is 5.33. The lowest BCUT2D eigenvalue weighted by molar-refractivity contribution is 0.0653. The number of hydrogen-bond acceptors (Lipinski definition) is 5. The fourth-order valence-electron chi connectivity index (χ4n) is 3.31. The second kappa shape index (κ2) is 8.22. The fraction of sp³-hybridized carbons (Fsp3) is 0.286. The summed E-state index contributed by atoms with van der Waals surface area (Å²) in [5, 5.41) is 5.46. The van der Waals surface area contributed by atoms with Gasteiger partial charge < -0.3 is 20.1 Å². The van der Waals surface area contributed by atoms with Crippen molar-refractivity contribution < 1.29 is 23.9 Å². The highest BCUT2D eigenvalue weighted by Gasteiger charge is 2.34. The normalized spacial score (nSPS) is 17.1. The topological polar surface area (TPSA) is 97.0 Å². The van der Waals surface area contributed by atoms with E-state index < -0.39 is 0 Å². The Bertz CT molecular complexity index is 910. The third kappa shape index (κ3) is 4.01. The number of nitrogens with one attached hydrogen (secondary N) is 2. The third-order valence-corrected chi connectivity index (χ3v) is 4.78. The van der Waals surface area contributed by atoms with E-state index in [1.165, 1.54) is 4.90 Å². The molecule has 2 aromatic rings. The summed E-state index contributed by atoms with van der Waals surface area (Å²) in [6.45, 7) is 1.25. The number of benzene rings is 2. The first-order chi connectivity index (χ1) is 14.1. The van der Waals surface area contributed by atoms with Crippen LogP contribution in [0.15, 0.2) is 48.5 Å². The molecule has 29 heavy (non-hydrogen) atoms. The van der Waals surface area contributed by atoms with Gasteiger partial charge in [0.2, 0.25) is 0 Å². The van der Waals surface area contributed by atoms with Gasteiger partial charge >= 0.3 is 6.03 Å². The minimum Gasteiger partial charge on any atom is -0.486 e. The number of carbonyl (C=O) groups is 3. The summed E-state index contributed by atoms with van der Waals surface area (Å²) in [7, 11) is 0. The van der Waals surface area contributed by atoms with Gasteiger partial charge in [-0.25, -0.2) is 4.79 Å². The molecule has 0 bridgehead atoms. The van der Waals surface area contributed by atoms with Gasteiger partial charge in [-0.1, -0.05) is 24.3 Å². The Balaban J connectivity index is 1.16. The molecule has 2 aliphatic heterocycles. The highest BCUT2D eigenvalue weighted by atomic mass is 16.6. The monoisotopic (exact) mass is 395 g/mol. The summed E-state index contributed by atoms with van der Waals surface area (Å²) >= 11 is 0. The predicted octanol–water partition coefficient (Wildman–Crippen LogP) is 1.81. The van der Waals surface area contributed by atoms with E-state index in [4.69, 9.17) is 9.47 Å². The Hall–Kier alpha value is -3.55. The molecule has 0 fully saturated rings. The van der Waals surface area contributed by atoms with Crippen LogP contribution in [-0.4, -0.2) is 55.1 Å². The van der Waals surface area contributed by atoms with Crippen molar-refractivity contribution >= 4 is 17.8 Å². The van der Waals surface area contributed by atoms with E-state index in [2.05, 4.69) is 10.6 Å². The number of para-hydroxylation sites is 2. The molecule has 4 rings (SSSR count). The van der Waals surface area contributed by atoms with Crippen LogP contribution in [0, 0.1) is 0 Å². The summed E-state index contributed by atoms with van der Waals surface area (Å²) in [4.78, 5) is 37.7. The van der Waals surface area contributed by atoms with Crippen molar-refractivity contribution in [3.8, 4) is 11.5 Å². The minimum atomic E-state index is -0.338. The van der Waals surface area contributed by atoms with Crippen LogP contribution >= 0.6 is 0 Å². The smallest absolute Gasteiger partial charge is 0.314 e. The van der Waals surface area contributed by atoms with Crippen molar-refractivity contribution in [3.63, 3.8) is 0 Å². The van der Waals surface area contributed by atoms with Crippen LogP contribution in [0.2, 0.25) is 0 Å². The van der Waals surface area contributed by atoms with Crippen molar-refractivity contribution in [1.29, 1.82) is 0 Å². The van der Waals surface area contributed by atoms with Gasteiger partial charge in [0, 0.05) is 13.1 Å². The van der Waals surface area contributed by atoms with Crippen LogP contribution in [0.3, 0.4) is 0 Å². The molecule has 0 aliphatic carbocycles. The summed E-state index contributed by atoms with van der Waals surface area (Å²) < 4.78 is 11.4. The molecule has 2 N–H and O–H groups in total. The van der Waals surface area contributed by atoms with Crippen LogP contribution in [0.5, 0.6) is 11.5 Å². The van der Waals surface area contributed by atoms with E-state index in [1.807, 2.05) is 24.3 Å². The summed E-state index contributed by atoms with van der Waals surface area (Å²) in [5.74, 6) is 0.780. The Morgan fingerprint density at radius 1 is 0.966 bits per heavy atom.